The van der Waals surface area contributed by atoms with Crippen LogP contribution in [-0.2, 0) is 6.42 Å². The molecular formula is C12H13NOS. The Morgan fingerprint density at radius 2 is 1.93 bits per heavy atom. The van der Waals surface area contributed by atoms with Crippen molar-refractivity contribution in [1.29, 1.82) is 0 Å². The van der Waals surface area contributed by atoms with Crippen molar-refractivity contribution in [1.82, 2.24) is 4.98 Å². The van der Waals surface area contributed by atoms with Gasteiger partial charge in [0, 0.05) is 10.4 Å². The van der Waals surface area contributed by atoms with Crippen molar-refractivity contribution in [3.8, 4) is 17.0 Å². The van der Waals surface area contributed by atoms with Crippen molar-refractivity contribution in [3.05, 3.63) is 34.2 Å². The molecule has 0 aliphatic heterocycles. The second kappa shape index (κ2) is 4.03. The van der Waals surface area contributed by atoms with Crippen LogP contribution < -0.4 is 0 Å². The van der Waals surface area contributed by atoms with Gasteiger partial charge in [0.15, 0.2) is 0 Å². The summed E-state index contributed by atoms with van der Waals surface area (Å²) in [7, 11) is 0. The van der Waals surface area contributed by atoms with Gasteiger partial charge >= 0.3 is 0 Å². The number of benzene rings is 1. The molecule has 0 atom stereocenters. The van der Waals surface area contributed by atoms with Gasteiger partial charge in [-0.25, -0.2) is 4.98 Å². The number of thiazole rings is 1. The zero-order valence-corrected chi connectivity index (χ0v) is 9.64. The highest BCUT2D eigenvalue weighted by Crippen LogP contribution is 2.29. The summed E-state index contributed by atoms with van der Waals surface area (Å²) in [6.45, 7) is 4.16. The van der Waals surface area contributed by atoms with Crippen molar-refractivity contribution in [2.45, 2.75) is 20.3 Å². The monoisotopic (exact) mass is 219 g/mol. The number of phenols is 1. The molecule has 1 heterocycles. The number of aromatic hydroxyl groups is 1. The molecule has 0 radical (unpaired) electrons. The maximum atomic E-state index is 9.22. The third-order valence-corrected chi connectivity index (χ3v) is 3.38. The number of rotatable bonds is 2. The fraction of sp³-hybridized carbons (Fsp3) is 0.250. The van der Waals surface area contributed by atoms with E-state index in [9.17, 15) is 5.11 Å². The Balaban J connectivity index is 2.48. The topological polar surface area (TPSA) is 33.1 Å². The van der Waals surface area contributed by atoms with Crippen LogP contribution in [0.3, 0.4) is 0 Å². The lowest BCUT2D eigenvalue weighted by Gasteiger charge is -2.00. The van der Waals surface area contributed by atoms with Gasteiger partial charge in [-0.2, -0.15) is 0 Å². The molecule has 0 unspecified atom stereocenters. The first-order valence-electron chi connectivity index (χ1n) is 4.96. The van der Waals surface area contributed by atoms with E-state index in [1.165, 1.54) is 4.88 Å². The molecule has 0 spiro atoms. The molecule has 2 rings (SSSR count). The van der Waals surface area contributed by atoms with Crippen LogP contribution in [-0.4, -0.2) is 10.1 Å². The van der Waals surface area contributed by atoms with Crippen molar-refractivity contribution in [3.63, 3.8) is 0 Å². The summed E-state index contributed by atoms with van der Waals surface area (Å²) in [4.78, 5) is 5.82. The van der Waals surface area contributed by atoms with Crippen LogP contribution in [0.5, 0.6) is 5.75 Å². The number of hydrogen-bond donors (Lipinski definition) is 1. The van der Waals surface area contributed by atoms with Crippen LogP contribution in [0.4, 0.5) is 0 Å². The maximum Gasteiger partial charge on any atom is 0.115 e. The van der Waals surface area contributed by atoms with Gasteiger partial charge in [0.25, 0.3) is 0 Å². The van der Waals surface area contributed by atoms with E-state index in [1.54, 1.807) is 23.5 Å². The van der Waals surface area contributed by atoms with E-state index < -0.39 is 0 Å². The van der Waals surface area contributed by atoms with Crippen LogP contribution in [0.15, 0.2) is 24.3 Å². The van der Waals surface area contributed by atoms with Gasteiger partial charge in [-0.05, 0) is 37.6 Å². The first-order valence-corrected chi connectivity index (χ1v) is 5.78. The molecule has 0 bridgehead atoms. The Kier molecular flexibility index (Phi) is 2.73. The molecule has 15 heavy (non-hydrogen) atoms. The second-order valence-corrected chi connectivity index (χ2v) is 4.69. The van der Waals surface area contributed by atoms with E-state index in [4.69, 9.17) is 0 Å². The van der Waals surface area contributed by atoms with Crippen LogP contribution in [0, 0.1) is 6.92 Å². The minimum atomic E-state index is 0.295. The number of nitrogens with zero attached hydrogens (tertiary/aromatic N) is 1. The van der Waals surface area contributed by atoms with Crippen LogP contribution in [0.2, 0.25) is 0 Å². The van der Waals surface area contributed by atoms with Gasteiger partial charge in [0.2, 0.25) is 0 Å². The van der Waals surface area contributed by atoms with Gasteiger partial charge in [-0.1, -0.05) is 6.92 Å². The van der Waals surface area contributed by atoms with Crippen molar-refractivity contribution < 1.29 is 5.11 Å². The molecule has 1 aromatic heterocycles. The highest BCUT2D eigenvalue weighted by molar-refractivity contribution is 7.12. The second-order valence-electron chi connectivity index (χ2n) is 3.41. The van der Waals surface area contributed by atoms with Crippen LogP contribution >= 0.6 is 11.3 Å². The lowest BCUT2D eigenvalue weighted by Crippen LogP contribution is -1.83. The molecule has 0 saturated heterocycles. The largest absolute Gasteiger partial charge is 0.508 e. The van der Waals surface area contributed by atoms with Crippen molar-refractivity contribution >= 4 is 11.3 Å². The summed E-state index contributed by atoms with van der Waals surface area (Å²) >= 11 is 1.74. The highest BCUT2D eigenvalue weighted by atomic mass is 32.1. The molecule has 0 saturated carbocycles. The molecule has 0 amide bonds. The minimum absolute atomic E-state index is 0.295. The minimum Gasteiger partial charge on any atom is -0.508 e. The van der Waals surface area contributed by atoms with Gasteiger partial charge in [0.05, 0.1) is 10.7 Å². The fourth-order valence-corrected chi connectivity index (χ4v) is 2.45. The standard InChI is InChI=1S/C12H13NOS/c1-3-11-12(13-8(2)15-11)9-4-6-10(14)7-5-9/h4-7,14H,3H2,1-2H3. The van der Waals surface area contributed by atoms with Crippen molar-refractivity contribution in [2.24, 2.45) is 0 Å². The molecule has 78 valence electrons. The normalized spacial score (nSPS) is 10.5. The molecule has 2 aromatic rings. The van der Waals surface area contributed by atoms with E-state index in [0.29, 0.717) is 5.75 Å². The summed E-state index contributed by atoms with van der Waals surface area (Å²) in [5.41, 5.74) is 2.13. The van der Waals surface area contributed by atoms with Gasteiger partial charge in [0.1, 0.15) is 5.75 Å². The number of hydrogen-bond acceptors (Lipinski definition) is 3. The van der Waals surface area contributed by atoms with E-state index in [2.05, 4.69) is 11.9 Å². The smallest absolute Gasteiger partial charge is 0.115 e. The third kappa shape index (κ3) is 2.02. The SMILES string of the molecule is CCc1sc(C)nc1-c1ccc(O)cc1. The van der Waals surface area contributed by atoms with Crippen LogP contribution in [0.25, 0.3) is 11.3 Å². The first-order chi connectivity index (χ1) is 7.20. The lowest BCUT2D eigenvalue weighted by molar-refractivity contribution is 0.475. The number of phenolic OH excluding ortho intramolecular Hbond substituents is 1. The van der Waals surface area contributed by atoms with E-state index in [-0.39, 0.29) is 0 Å². The maximum absolute atomic E-state index is 9.22. The van der Waals surface area contributed by atoms with E-state index in [0.717, 1.165) is 22.7 Å². The average Bonchev–Trinajstić information content (AvgIpc) is 2.61. The molecule has 2 nitrogen and oxygen atoms in total. The van der Waals surface area contributed by atoms with E-state index >= 15 is 0 Å². The summed E-state index contributed by atoms with van der Waals surface area (Å²) in [6, 6.07) is 7.21. The predicted molar refractivity (Wildman–Crippen MR) is 63.3 cm³/mol. The Hall–Kier alpha value is -1.35. The molecule has 1 aromatic carbocycles. The Morgan fingerprint density at radius 1 is 1.27 bits per heavy atom. The lowest BCUT2D eigenvalue weighted by atomic mass is 10.1. The zero-order chi connectivity index (χ0) is 10.8. The summed E-state index contributed by atoms with van der Waals surface area (Å²) in [5, 5.41) is 10.3. The zero-order valence-electron chi connectivity index (χ0n) is 8.82. The molecule has 0 aliphatic carbocycles. The van der Waals surface area contributed by atoms with Crippen molar-refractivity contribution in [2.75, 3.05) is 0 Å². The number of aromatic nitrogens is 1. The number of aryl methyl sites for hydroxylation is 2. The summed E-state index contributed by atoms with van der Waals surface area (Å²) in [5.74, 6) is 0.295. The highest BCUT2D eigenvalue weighted by Gasteiger charge is 2.09. The average molecular weight is 219 g/mol. The van der Waals surface area contributed by atoms with Gasteiger partial charge in [-0.15, -0.1) is 11.3 Å². The Bertz CT molecular complexity index is 459. The van der Waals surface area contributed by atoms with Crippen LogP contribution in [0.1, 0.15) is 16.8 Å². The summed E-state index contributed by atoms with van der Waals surface area (Å²) in [6.07, 6.45) is 1.00. The van der Waals surface area contributed by atoms with E-state index in [1.807, 2.05) is 19.1 Å². The fourth-order valence-electron chi connectivity index (χ4n) is 1.55. The third-order valence-electron chi connectivity index (χ3n) is 2.27. The van der Waals surface area contributed by atoms with Gasteiger partial charge < -0.3 is 5.11 Å². The Morgan fingerprint density at radius 3 is 2.53 bits per heavy atom. The molecule has 0 aliphatic rings. The molecular weight excluding hydrogens is 206 g/mol. The molecule has 0 fully saturated rings. The Labute approximate surface area is 93.2 Å². The summed E-state index contributed by atoms with van der Waals surface area (Å²) < 4.78 is 0. The van der Waals surface area contributed by atoms with Gasteiger partial charge in [-0.3, -0.25) is 0 Å². The quantitative estimate of drug-likeness (QED) is 0.839. The predicted octanol–water partition coefficient (Wildman–Crippen LogP) is 3.39. The molecule has 1 N–H and O–H groups in total. The first kappa shape index (κ1) is 10.2. The molecule has 3 heteroatoms.